The van der Waals surface area contributed by atoms with Crippen LogP contribution in [0, 0.1) is 10.1 Å². The van der Waals surface area contributed by atoms with Gasteiger partial charge in [0.2, 0.25) is 5.78 Å². The Labute approximate surface area is 109 Å². The third-order valence-corrected chi connectivity index (χ3v) is 2.34. The summed E-state index contributed by atoms with van der Waals surface area (Å²) >= 11 is 0. The van der Waals surface area contributed by atoms with Crippen LogP contribution >= 0.6 is 0 Å². The topological polar surface area (TPSA) is 98.5 Å². The van der Waals surface area contributed by atoms with Crippen LogP contribution in [0.2, 0.25) is 0 Å². The first-order chi connectivity index (χ1) is 9.00. The number of hydrogen-bond acceptors (Lipinski definition) is 5. The number of nitrogens with zero attached hydrogens (tertiary/aromatic N) is 1. The number of carbonyl (C=O) groups is 2. The summed E-state index contributed by atoms with van der Waals surface area (Å²) in [6.45, 7) is 1.41. The second-order valence-corrected chi connectivity index (χ2v) is 3.86. The molecule has 7 nitrogen and oxygen atoms in total. The van der Waals surface area contributed by atoms with E-state index in [-0.39, 0.29) is 12.3 Å². The number of Topliss-reactive ketones (excluding diaryl/α,β-unsaturated/α-hetero) is 1. The van der Waals surface area contributed by atoms with Crippen molar-refractivity contribution in [3.05, 3.63) is 39.9 Å². The van der Waals surface area contributed by atoms with Gasteiger partial charge in [0.15, 0.2) is 0 Å². The van der Waals surface area contributed by atoms with Crippen LogP contribution in [0.15, 0.2) is 24.3 Å². The number of rotatable bonds is 7. The Bertz CT molecular complexity index is 470. The summed E-state index contributed by atoms with van der Waals surface area (Å²) in [5, 5.41) is 10.4. The summed E-state index contributed by atoms with van der Waals surface area (Å²) < 4.78 is 0. The minimum absolute atomic E-state index is 0.0497. The van der Waals surface area contributed by atoms with E-state index in [1.165, 1.54) is 12.1 Å². The average molecular weight is 266 g/mol. The molecule has 0 heterocycles. The normalized spacial score (nSPS) is 9.95. The van der Waals surface area contributed by atoms with Crippen LogP contribution in [0.4, 0.5) is 5.69 Å². The van der Waals surface area contributed by atoms with Crippen molar-refractivity contribution in [3.63, 3.8) is 0 Å². The number of hydrogen-bond donors (Lipinski definition) is 1. The van der Waals surface area contributed by atoms with Crippen molar-refractivity contribution in [2.24, 2.45) is 0 Å². The first kappa shape index (κ1) is 14.8. The number of nitro groups is 1. The molecule has 1 aromatic carbocycles. The van der Waals surface area contributed by atoms with Gasteiger partial charge >= 0.3 is 5.91 Å². The summed E-state index contributed by atoms with van der Waals surface area (Å²) in [6.07, 6.45) is 1.28. The zero-order chi connectivity index (χ0) is 14.3. The summed E-state index contributed by atoms with van der Waals surface area (Å²) in [5.74, 6) is -1.40. The largest absolute Gasteiger partial charge is 0.310 e. The lowest BCUT2D eigenvalue weighted by atomic mass is 10.1. The summed E-state index contributed by atoms with van der Waals surface area (Å²) in [6, 6.07) is 6.22. The van der Waals surface area contributed by atoms with Crippen LogP contribution < -0.4 is 5.48 Å². The Balaban J connectivity index is 2.24. The van der Waals surface area contributed by atoms with Crippen LogP contribution in [0.1, 0.15) is 18.9 Å². The molecule has 0 bridgehead atoms. The fourth-order valence-corrected chi connectivity index (χ4v) is 1.32. The molecule has 0 aromatic heterocycles. The van der Waals surface area contributed by atoms with Gasteiger partial charge in [-0.1, -0.05) is 12.1 Å². The maximum absolute atomic E-state index is 10.8. The highest BCUT2D eigenvalue weighted by atomic mass is 16.7. The van der Waals surface area contributed by atoms with Crippen LogP contribution in [-0.4, -0.2) is 23.2 Å². The number of nitro benzene ring substituents is 1. The standard InChI is InChI=1S/C12H14N2O5/c1-9(15)12(16)13-19-8-2-3-10-4-6-11(7-5-10)14(17)18/h4-7H,2-3,8H2,1H3,(H,13,16). The van der Waals surface area contributed by atoms with E-state index >= 15 is 0 Å². The monoisotopic (exact) mass is 266 g/mol. The molecule has 0 unspecified atom stereocenters. The molecule has 0 aliphatic rings. The third-order valence-electron chi connectivity index (χ3n) is 2.34. The van der Waals surface area contributed by atoms with E-state index in [4.69, 9.17) is 4.84 Å². The molecular weight excluding hydrogens is 252 g/mol. The van der Waals surface area contributed by atoms with Crippen molar-refractivity contribution in [3.8, 4) is 0 Å². The number of non-ortho nitro benzene ring substituents is 1. The van der Waals surface area contributed by atoms with Gasteiger partial charge in [0.1, 0.15) is 0 Å². The van der Waals surface area contributed by atoms with Crippen molar-refractivity contribution in [2.75, 3.05) is 6.61 Å². The molecule has 0 radical (unpaired) electrons. The molecule has 0 saturated carbocycles. The number of nitrogens with one attached hydrogen (secondary N) is 1. The Morgan fingerprint density at radius 3 is 2.47 bits per heavy atom. The molecule has 0 spiro atoms. The first-order valence-electron chi connectivity index (χ1n) is 5.66. The number of aryl methyl sites for hydroxylation is 1. The number of amides is 1. The van der Waals surface area contributed by atoms with E-state index < -0.39 is 16.6 Å². The Morgan fingerprint density at radius 1 is 1.32 bits per heavy atom. The van der Waals surface area contributed by atoms with Crippen molar-refractivity contribution in [1.82, 2.24) is 5.48 Å². The fourth-order valence-electron chi connectivity index (χ4n) is 1.32. The SMILES string of the molecule is CC(=O)C(=O)NOCCCc1ccc([N+](=O)[O-])cc1. The van der Waals surface area contributed by atoms with Crippen molar-refractivity contribution >= 4 is 17.4 Å². The van der Waals surface area contributed by atoms with Gasteiger partial charge in [0.05, 0.1) is 11.5 Å². The Hall–Kier alpha value is -2.28. The van der Waals surface area contributed by atoms with E-state index in [0.717, 1.165) is 12.5 Å². The van der Waals surface area contributed by atoms with E-state index in [9.17, 15) is 19.7 Å². The van der Waals surface area contributed by atoms with Gasteiger partial charge < -0.3 is 0 Å². The highest BCUT2D eigenvalue weighted by molar-refractivity contribution is 6.34. The summed E-state index contributed by atoms with van der Waals surface area (Å²) in [4.78, 5) is 36.2. The highest BCUT2D eigenvalue weighted by Gasteiger charge is 2.06. The molecule has 1 amide bonds. The van der Waals surface area contributed by atoms with Gasteiger partial charge in [-0.05, 0) is 18.4 Å². The van der Waals surface area contributed by atoms with Crippen LogP contribution in [0.3, 0.4) is 0 Å². The second kappa shape index (κ2) is 7.22. The molecule has 1 rings (SSSR count). The van der Waals surface area contributed by atoms with Crippen LogP contribution in [0.25, 0.3) is 0 Å². The van der Waals surface area contributed by atoms with Gasteiger partial charge in [-0.3, -0.25) is 24.5 Å². The molecule has 0 atom stereocenters. The van der Waals surface area contributed by atoms with Crippen molar-refractivity contribution in [2.45, 2.75) is 19.8 Å². The lowest BCUT2D eigenvalue weighted by Crippen LogP contribution is -2.29. The van der Waals surface area contributed by atoms with Crippen LogP contribution in [0.5, 0.6) is 0 Å². The van der Waals surface area contributed by atoms with Crippen molar-refractivity contribution in [1.29, 1.82) is 0 Å². The zero-order valence-electron chi connectivity index (χ0n) is 10.4. The molecule has 1 N–H and O–H groups in total. The van der Waals surface area contributed by atoms with E-state index in [0.29, 0.717) is 12.8 Å². The molecule has 1 aromatic rings. The minimum Gasteiger partial charge on any atom is -0.289 e. The Morgan fingerprint density at radius 2 is 1.95 bits per heavy atom. The van der Waals surface area contributed by atoms with E-state index in [1.807, 2.05) is 5.48 Å². The van der Waals surface area contributed by atoms with Gasteiger partial charge in [0, 0.05) is 19.1 Å². The quantitative estimate of drug-likeness (QED) is 0.345. The maximum atomic E-state index is 10.8. The lowest BCUT2D eigenvalue weighted by Gasteiger charge is -2.04. The van der Waals surface area contributed by atoms with Gasteiger partial charge in [0.25, 0.3) is 5.69 Å². The molecular formula is C12H14N2O5. The predicted octanol–water partition coefficient (Wildman–Crippen LogP) is 1.16. The second-order valence-electron chi connectivity index (χ2n) is 3.86. The fraction of sp³-hybridized carbons (Fsp3) is 0.333. The zero-order valence-corrected chi connectivity index (χ0v) is 10.4. The van der Waals surface area contributed by atoms with E-state index in [2.05, 4.69) is 0 Å². The van der Waals surface area contributed by atoms with Gasteiger partial charge in [-0.25, -0.2) is 5.48 Å². The Kier molecular flexibility index (Phi) is 5.62. The maximum Gasteiger partial charge on any atom is 0.310 e. The number of ketones is 1. The summed E-state index contributed by atoms with van der Waals surface area (Å²) in [7, 11) is 0. The van der Waals surface area contributed by atoms with Crippen LogP contribution in [-0.2, 0) is 20.8 Å². The predicted molar refractivity (Wildman–Crippen MR) is 66.2 cm³/mol. The van der Waals surface area contributed by atoms with Gasteiger partial charge in [-0.2, -0.15) is 0 Å². The molecule has 0 saturated heterocycles. The van der Waals surface area contributed by atoms with E-state index in [1.54, 1.807) is 12.1 Å². The third kappa shape index (κ3) is 5.26. The number of carbonyl (C=O) groups excluding carboxylic acids is 2. The molecule has 0 aliphatic heterocycles. The smallest absolute Gasteiger partial charge is 0.289 e. The molecule has 0 fully saturated rings. The minimum atomic E-state index is -0.782. The summed E-state index contributed by atoms with van der Waals surface area (Å²) in [5.41, 5.74) is 3.00. The van der Waals surface area contributed by atoms with Crippen molar-refractivity contribution < 1.29 is 19.3 Å². The highest BCUT2D eigenvalue weighted by Crippen LogP contribution is 2.12. The molecule has 102 valence electrons. The lowest BCUT2D eigenvalue weighted by molar-refractivity contribution is -0.384. The number of benzene rings is 1. The molecule has 19 heavy (non-hydrogen) atoms. The average Bonchev–Trinajstić information content (AvgIpc) is 2.38. The molecule has 7 heteroatoms. The van der Waals surface area contributed by atoms with Gasteiger partial charge in [-0.15, -0.1) is 0 Å². The first-order valence-corrected chi connectivity index (χ1v) is 5.66. The molecule has 0 aliphatic carbocycles. The number of hydroxylamine groups is 1.